The van der Waals surface area contributed by atoms with Crippen molar-refractivity contribution in [3.63, 3.8) is 0 Å². The normalized spacial score (nSPS) is 14.6. The molecule has 7 nitrogen and oxygen atoms in total. The van der Waals surface area contributed by atoms with E-state index in [4.69, 9.17) is 24.7 Å². The summed E-state index contributed by atoms with van der Waals surface area (Å²) in [7, 11) is 0. The van der Waals surface area contributed by atoms with Crippen LogP contribution >= 0.6 is 11.3 Å². The summed E-state index contributed by atoms with van der Waals surface area (Å²) in [5, 5.41) is 4.37. The summed E-state index contributed by atoms with van der Waals surface area (Å²) in [6, 6.07) is 8.30. The molecule has 5 rings (SSSR count). The molecule has 0 amide bonds. The number of nitrogens with one attached hydrogen (secondary N) is 1. The maximum absolute atomic E-state index is 5.92. The number of thiophene rings is 1. The predicted molar refractivity (Wildman–Crippen MR) is 122 cm³/mol. The van der Waals surface area contributed by atoms with Crippen LogP contribution in [0.15, 0.2) is 24.3 Å². The van der Waals surface area contributed by atoms with Crippen molar-refractivity contribution in [1.82, 2.24) is 25.3 Å². The molecule has 1 aliphatic heterocycles. The maximum Gasteiger partial charge on any atom is 0.236 e. The van der Waals surface area contributed by atoms with Crippen molar-refractivity contribution in [1.29, 1.82) is 0 Å². The van der Waals surface area contributed by atoms with Gasteiger partial charge in [0.15, 0.2) is 5.82 Å². The van der Waals surface area contributed by atoms with E-state index in [1.54, 1.807) is 11.3 Å². The summed E-state index contributed by atoms with van der Waals surface area (Å²) >= 11 is 1.58. The van der Waals surface area contributed by atoms with Crippen LogP contribution in [0.1, 0.15) is 18.2 Å². The fraction of sp³-hybridized carbons (Fsp3) is 0.364. The quantitative estimate of drug-likeness (QED) is 0.539. The molecule has 1 saturated heterocycles. The molecule has 4 aromatic rings. The number of nitrogens with zero attached hydrogens (tertiary/aromatic N) is 5. The first kappa shape index (κ1) is 19.1. The molecule has 8 heteroatoms. The molecule has 0 bridgehead atoms. The van der Waals surface area contributed by atoms with Gasteiger partial charge in [-0.3, -0.25) is 0 Å². The number of anilines is 1. The van der Waals surface area contributed by atoms with E-state index in [9.17, 15) is 0 Å². The third-order valence-corrected chi connectivity index (χ3v) is 6.37. The van der Waals surface area contributed by atoms with E-state index in [1.807, 2.05) is 13.8 Å². The SMILES string of the molecule is CCOc1nc(N2CCNCC2)nc2c1sc1nc(-c3ccc(C)cc3)nc(C)c12. The molecule has 1 aliphatic rings. The molecule has 0 unspecified atom stereocenters. The maximum atomic E-state index is 5.92. The standard InChI is InChI=1S/C22H24N6OS/c1-4-29-20-18-17(25-22(27-20)28-11-9-23-10-12-28)16-14(3)24-19(26-21(16)30-18)15-7-5-13(2)6-8-15/h5-8,23H,4,9-12H2,1-3H3. The highest BCUT2D eigenvalue weighted by Crippen LogP contribution is 2.39. The molecule has 1 fully saturated rings. The van der Waals surface area contributed by atoms with Crippen molar-refractivity contribution in [3.05, 3.63) is 35.5 Å². The molecular weight excluding hydrogens is 396 g/mol. The van der Waals surface area contributed by atoms with Crippen LogP contribution in [0, 0.1) is 13.8 Å². The minimum absolute atomic E-state index is 0.556. The highest BCUT2D eigenvalue weighted by molar-refractivity contribution is 7.25. The fourth-order valence-electron chi connectivity index (χ4n) is 3.74. The number of piperazine rings is 1. The first-order chi connectivity index (χ1) is 14.6. The van der Waals surface area contributed by atoms with Gasteiger partial charge in [-0.1, -0.05) is 29.8 Å². The molecule has 0 saturated carbocycles. The Morgan fingerprint density at radius 1 is 1.03 bits per heavy atom. The van der Waals surface area contributed by atoms with Crippen LogP contribution in [-0.2, 0) is 0 Å². The average molecular weight is 421 g/mol. The lowest BCUT2D eigenvalue weighted by atomic mass is 10.1. The second-order valence-corrected chi connectivity index (χ2v) is 8.46. The molecule has 0 radical (unpaired) electrons. The highest BCUT2D eigenvalue weighted by atomic mass is 32.1. The number of rotatable bonds is 4. The van der Waals surface area contributed by atoms with Gasteiger partial charge < -0.3 is 15.0 Å². The summed E-state index contributed by atoms with van der Waals surface area (Å²) in [4.78, 5) is 22.5. The average Bonchev–Trinajstić information content (AvgIpc) is 3.14. The number of fused-ring (bicyclic) bond motifs is 3. The van der Waals surface area contributed by atoms with E-state index < -0.39 is 0 Å². The predicted octanol–water partition coefficient (Wildman–Crippen LogP) is 3.73. The van der Waals surface area contributed by atoms with Crippen LogP contribution in [0.3, 0.4) is 0 Å². The molecule has 4 heterocycles. The van der Waals surface area contributed by atoms with Crippen LogP contribution in [0.5, 0.6) is 5.88 Å². The van der Waals surface area contributed by atoms with Gasteiger partial charge in [0.1, 0.15) is 15.0 Å². The number of ether oxygens (including phenoxy) is 1. The number of aromatic nitrogens is 4. The Bertz CT molecular complexity index is 1210. The lowest BCUT2D eigenvalue weighted by Crippen LogP contribution is -2.44. The zero-order valence-electron chi connectivity index (χ0n) is 17.4. The van der Waals surface area contributed by atoms with Crippen molar-refractivity contribution >= 4 is 37.7 Å². The van der Waals surface area contributed by atoms with Gasteiger partial charge >= 0.3 is 0 Å². The van der Waals surface area contributed by atoms with Crippen molar-refractivity contribution in [2.45, 2.75) is 20.8 Å². The fourth-order valence-corrected chi connectivity index (χ4v) is 4.85. The van der Waals surface area contributed by atoms with Gasteiger partial charge in [0.25, 0.3) is 0 Å². The minimum Gasteiger partial charge on any atom is -0.477 e. The Morgan fingerprint density at radius 2 is 1.80 bits per heavy atom. The van der Waals surface area contributed by atoms with Crippen molar-refractivity contribution in [2.75, 3.05) is 37.7 Å². The molecule has 0 atom stereocenters. The van der Waals surface area contributed by atoms with Gasteiger partial charge in [-0.2, -0.15) is 4.98 Å². The third kappa shape index (κ3) is 3.36. The van der Waals surface area contributed by atoms with Gasteiger partial charge in [0.2, 0.25) is 11.8 Å². The number of aryl methyl sites for hydroxylation is 2. The summed E-state index contributed by atoms with van der Waals surface area (Å²) in [5.41, 5.74) is 4.04. The minimum atomic E-state index is 0.556. The molecular formula is C22H24N6OS. The Kier molecular flexibility index (Phi) is 4.96. The van der Waals surface area contributed by atoms with Crippen molar-refractivity contribution in [2.24, 2.45) is 0 Å². The van der Waals surface area contributed by atoms with E-state index >= 15 is 0 Å². The smallest absolute Gasteiger partial charge is 0.236 e. The van der Waals surface area contributed by atoms with Crippen LogP contribution < -0.4 is 15.0 Å². The highest BCUT2D eigenvalue weighted by Gasteiger charge is 2.22. The first-order valence-electron chi connectivity index (χ1n) is 10.3. The van der Waals surface area contributed by atoms with Crippen LogP contribution in [0.25, 0.3) is 31.8 Å². The third-order valence-electron chi connectivity index (χ3n) is 5.31. The summed E-state index contributed by atoms with van der Waals surface area (Å²) in [6.45, 7) is 10.3. The first-order valence-corrected chi connectivity index (χ1v) is 11.1. The van der Waals surface area contributed by atoms with Crippen molar-refractivity contribution in [3.8, 4) is 17.3 Å². The Balaban J connectivity index is 1.70. The molecule has 0 aliphatic carbocycles. The van der Waals surface area contributed by atoms with Crippen LogP contribution in [0.2, 0.25) is 0 Å². The number of benzene rings is 1. The summed E-state index contributed by atoms with van der Waals surface area (Å²) in [6.07, 6.45) is 0. The molecule has 30 heavy (non-hydrogen) atoms. The van der Waals surface area contributed by atoms with Gasteiger partial charge in [0.05, 0.1) is 17.7 Å². The molecule has 0 spiro atoms. The Labute approximate surface area is 179 Å². The van der Waals surface area contributed by atoms with Gasteiger partial charge in [-0.15, -0.1) is 11.3 Å². The lowest BCUT2D eigenvalue weighted by Gasteiger charge is -2.27. The van der Waals surface area contributed by atoms with Crippen molar-refractivity contribution < 1.29 is 4.74 Å². The molecule has 3 aromatic heterocycles. The monoisotopic (exact) mass is 420 g/mol. The number of hydrogen-bond donors (Lipinski definition) is 1. The zero-order valence-corrected chi connectivity index (χ0v) is 18.2. The van der Waals surface area contributed by atoms with Gasteiger partial charge in [-0.25, -0.2) is 15.0 Å². The van der Waals surface area contributed by atoms with E-state index in [0.29, 0.717) is 18.4 Å². The van der Waals surface area contributed by atoms with E-state index in [2.05, 4.69) is 41.4 Å². The second kappa shape index (κ2) is 7.77. The lowest BCUT2D eigenvalue weighted by molar-refractivity contribution is 0.331. The van der Waals surface area contributed by atoms with E-state index in [0.717, 1.165) is 63.7 Å². The topological polar surface area (TPSA) is 76.1 Å². The largest absolute Gasteiger partial charge is 0.477 e. The Hall–Kier alpha value is -2.84. The summed E-state index contributed by atoms with van der Waals surface area (Å²) in [5.74, 6) is 2.09. The molecule has 1 N–H and O–H groups in total. The van der Waals surface area contributed by atoms with Crippen LogP contribution in [-0.4, -0.2) is 52.7 Å². The van der Waals surface area contributed by atoms with Gasteiger partial charge in [-0.05, 0) is 20.8 Å². The Morgan fingerprint density at radius 3 is 2.53 bits per heavy atom. The summed E-state index contributed by atoms with van der Waals surface area (Å²) < 4.78 is 6.85. The zero-order chi connectivity index (χ0) is 20.7. The van der Waals surface area contributed by atoms with E-state index in [1.165, 1.54) is 5.56 Å². The van der Waals surface area contributed by atoms with E-state index in [-0.39, 0.29) is 0 Å². The number of hydrogen-bond acceptors (Lipinski definition) is 8. The van der Waals surface area contributed by atoms with Crippen LogP contribution in [0.4, 0.5) is 5.95 Å². The molecule has 1 aromatic carbocycles. The van der Waals surface area contributed by atoms with Gasteiger partial charge in [0, 0.05) is 31.7 Å². The molecule has 154 valence electrons. The second-order valence-electron chi connectivity index (χ2n) is 7.46.